The summed E-state index contributed by atoms with van der Waals surface area (Å²) < 4.78 is 141. The van der Waals surface area contributed by atoms with E-state index in [1.807, 2.05) is 0 Å². The molecular formula is C26H41F10O5. The quantitative estimate of drug-likeness (QED) is 0.0509. The van der Waals surface area contributed by atoms with Crippen LogP contribution in [0.5, 0.6) is 0 Å². The van der Waals surface area contributed by atoms with E-state index in [-0.39, 0.29) is 58.5 Å². The molecule has 1 atom stereocenters. The summed E-state index contributed by atoms with van der Waals surface area (Å²) in [6, 6.07) is 0. The van der Waals surface area contributed by atoms with Crippen molar-refractivity contribution in [3.05, 3.63) is 6.92 Å². The summed E-state index contributed by atoms with van der Waals surface area (Å²) in [6.07, 6.45) is -12.1. The monoisotopic (exact) mass is 623 g/mol. The molecule has 0 saturated heterocycles. The minimum absolute atomic E-state index is 0.0219. The van der Waals surface area contributed by atoms with E-state index in [0.717, 1.165) is 0 Å². The van der Waals surface area contributed by atoms with Gasteiger partial charge in [0.2, 0.25) is 0 Å². The van der Waals surface area contributed by atoms with Crippen LogP contribution in [0, 0.1) is 12.8 Å². The highest BCUT2D eigenvalue weighted by atomic mass is 19.4. The predicted octanol–water partition coefficient (Wildman–Crippen LogP) is 8.19. The Bertz CT molecular complexity index is 647. The number of aliphatic hydroxyl groups is 1. The lowest BCUT2D eigenvalue weighted by molar-refractivity contribution is -0.284. The Balaban J connectivity index is 4.39. The van der Waals surface area contributed by atoms with E-state index in [4.69, 9.17) is 19.3 Å². The largest absolute Gasteiger partial charge is 0.465 e. The lowest BCUT2D eigenvalue weighted by Crippen LogP contribution is -2.36. The van der Waals surface area contributed by atoms with Gasteiger partial charge < -0.3 is 19.3 Å². The number of carbonyl (C=O) groups is 1. The van der Waals surface area contributed by atoms with Gasteiger partial charge in [-0.3, -0.25) is 4.79 Å². The molecular weight excluding hydrogens is 582 g/mol. The normalized spacial score (nSPS) is 14.1. The number of carbonyl (C=O) groups excluding carboxylic acids is 1. The third kappa shape index (κ3) is 18.7. The Labute approximate surface area is 234 Å². The van der Waals surface area contributed by atoms with E-state index in [1.165, 1.54) is 0 Å². The molecule has 0 spiro atoms. The van der Waals surface area contributed by atoms with Crippen LogP contribution in [0.4, 0.5) is 43.9 Å². The van der Waals surface area contributed by atoms with Crippen molar-refractivity contribution in [1.29, 1.82) is 0 Å². The van der Waals surface area contributed by atoms with Crippen LogP contribution in [0.3, 0.4) is 0 Å². The van der Waals surface area contributed by atoms with Gasteiger partial charge in [0.05, 0.1) is 6.61 Å². The fourth-order valence-corrected chi connectivity index (χ4v) is 3.45. The van der Waals surface area contributed by atoms with Crippen molar-refractivity contribution < 1.29 is 68.0 Å². The van der Waals surface area contributed by atoms with Crippen molar-refractivity contribution in [2.24, 2.45) is 5.92 Å². The zero-order valence-corrected chi connectivity index (χ0v) is 22.9. The van der Waals surface area contributed by atoms with Gasteiger partial charge in [0.1, 0.15) is 0 Å². The van der Waals surface area contributed by atoms with Crippen LogP contribution in [0.2, 0.25) is 0 Å². The van der Waals surface area contributed by atoms with E-state index in [2.05, 4.69) is 6.92 Å². The van der Waals surface area contributed by atoms with Crippen molar-refractivity contribution in [1.82, 2.24) is 0 Å². The second-order valence-electron chi connectivity index (χ2n) is 9.88. The van der Waals surface area contributed by atoms with Gasteiger partial charge in [-0.15, -0.1) is 0 Å². The number of unbranched alkanes of at least 4 members (excludes halogenated alkanes) is 7. The highest BCUT2D eigenvalue weighted by Gasteiger charge is 2.57. The van der Waals surface area contributed by atoms with Gasteiger partial charge in [0.15, 0.2) is 6.29 Å². The molecule has 0 aliphatic carbocycles. The predicted molar refractivity (Wildman–Crippen MR) is 129 cm³/mol. The Morgan fingerprint density at radius 2 is 1.10 bits per heavy atom. The first-order valence-electron chi connectivity index (χ1n) is 13.6. The zero-order valence-electron chi connectivity index (χ0n) is 22.9. The third-order valence-electron chi connectivity index (χ3n) is 6.02. The summed E-state index contributed by atoms with van der Waals surface area (Å²) >= 11 is 0. The molecule has 0 aliphatic heterocycles. The molecule has 245 valence electrons. The molecule has 5 nitrogen and oxygen atoms in total. The summed E-state index contributed by atoms with van der Waals surface area (Å²) in [5.41, 5.74) is 0. The molecule has 0 heterocycles. The Morgan fingerprint density at radius 3 is 1.51 bits per heavy atom. The van der Waals surface area contributed by atoms with Crippen molar-refractivity contribution in [2.45, 2.75) is 120 Å². The number of esters is 1. The number of rotatable bonds is 24. The summed E-state index contributed by atoms with van der Waals surface area (Å²) in [6.45, 7) is 3.57. The van der Waals surface area contributed by atoms with E-state index in [1.54, 1.807) is 0 Å². The van der Waals surface area contributed by atoms with Crippen molar-refractivity contribution in [2.75, 3.05) is 26.4 Å². The lowest BCUT2D eigenvalue weighted by atomic mass is 10.1. The summed E-state index contributed by atoms with van der Waals surface area (Å²) in [7, 11) is 0. The van der Waals surface area contributed by atoms with Gasteiger partial charge in [-0.2, -0.15) is 43.9 Å². The van der Waals surface area contributed by atoms with Crippen LogP contribution in [0.25, 0.3) is 0 Å². The highest BCUT2D eigenvalue weighted by molar-refractivity contribution is 5.69. The standard InChI is InChI=1S/C26H41F10O5/c1-20(18-37)19-41-21(38)12-6-7-13-22(39-16-10-4-2-8-14-23(27,28)25(31,32)33)40-17-11-5-3-9-15-24(29,30)26(34,35)36/h20,22,37H,1-19H2. The molecule has 0 fully saturated rings. The fourth-order valence-electron chi connectivity index (χ4n) is 3.45. The Kier molecular flexibility index (Phi) is 19.1. The first-order chi connectivity index (χ1) is 18.9. The van der Waals surface area contributed by atoms with Gasteiger partial charge in [-0.25, -0.2) is 0 Å². The molecule has 15 heteroatoms. The van der Waals surface area contributed by atoms with Gasteiger partial charge >= 0.3 is 30.2 Å². The maximum absolute atomic E-state index is 12.9. The lowest BCUT2D eigenvalue weighted by Gasteiger charge is -2.20. The molecule has 1 unspecified atom stereocenters. The average molecular weight is 624 g/mol. The molecule has 0 rings (SSSR count). The van der Waals surface area contributed by atoms with Gasteiger partial charge in [0.25, 0.3) is 0 Å². The molecule has 41 heavy (non-hydrogen) atoms. The number of alkyl halides is 10. The topological polar surface area (TPSA) is 65.0 Å². The SMILES string of the molecule is [CH2]C(CO)COC(=O)CCCCC(OCCCCCCC(F)(F)C(F)(F)F)OCCCCCCC(F)(F)C(F)(F)F. The number of ether oxygens (including phenoxy) is 3. The minimum Gasteiger partial charge on any atom is -0.465 e. The average Bonchev–Trinajstić information content (AvgIpc) is 2.86. The molecule has 0 aromatic carbocycles. The molecule has 0 aliphatic rings. The van der Waals surface area contributed by atoms with Crippen LogP contribution < -0.4 is 0 Å². The van der Waals surface area contributed by atoms with Crippen LogP contribution in [0.1, 0.15) is 89.9 Å². The molecule has 0 bridgehead atoms. The third-order valence-corrected chi connectivity index (χ3v) is 6.02. The van der Waals surface area contributed by atoms with Crippen LogP contribution >= 0.6 is 0 Å². The van der Waals surface area contributed by atoms with E-state index >= 15 is 0 Å². The number of halogens is 10. The molecule has 1 N–H and O–H groups in total. The second-order valence-corrected chi connectivity index (χ2v) is 9.88. The number of aliphatic hydroxyl groups excluding tert-OH is 1. The summed E-state index contributed by atoms with van der Waals surface area (Å²) in [5.74, 6) is -10.4. The van der Waals surface area contributed by atoms with Crippen LogP contribution in [0.15, 0.2) is 0 Å². The zero-order chi connectivity index (χ0) is 31.6. The van der Waals surface area contributed by atoms with Crippen molar-refractivity contribution in [3.8, 4) is 0 Å². The summed E-state index contributed by atoms with van der Waals surface area (Å²) in [5, 5.41) is 8.88. The van der Waals surface area contributed by atoms with E-state index in [0.29, 0.717) is 44.9 Å². The smallest absolute Gasteiger partial charge is 0.453 e. The first kappa shape index (κ1) is 39.6. The maximum atomic E-state index is 12.9. The maximum Gasteiger partial charge on any atom is 0.453 e. The second kappa shape index (κ2) is 19.8. The van der Waals surface area contributed by atoms with Crippen LogP contribution in [-0.4, -0.2) is 68.0 Å². The highest BCUT2D eigenvalue weighted by Crippen LogP contribution is 2.40. The van der Waals surface area contributed by atoms with Crippen molar-refractivity contribution >= 4 is 5.97 Å². The van der Waals surface area contributed by atoms with Gasteiger partial charge in [-0.1, -0.05) is 25.7 Å². The Hall–Kier alpha value is -1.35. The molecule has 0 aromatic rings. The van der Waals surface area contributed by atoms with Gasteiger partial charge in [0, 0.05) is 45.0 Å². The molecule has 0 saturated carbocycles. The molecule has 1 radical (unpaired) electrons. The minimum atomic E-state index is -5.58. The number of hydrogen-bond acceptors (Lipinski definition) is 5. The fraction of sp³-hybridized carbons (Fsp3) is 0.923. The molecule has 0 amide bonds. The van der Waals surface area contributed by atoms with Crippen molar-refractivity contribution in [3.63, 3.8) is 0 Å². The molecule has 0 aromatic heterocycles. The van der Waals surface area contributed by atoms with Gasteiger partial charge in [-0.05, 0) is 51.9 Å². The Morgan fingerprint density at radius 1 is 0.659 bits per heavy atom. The van der Waals surface area contributed by atoms with E-state index in [9.17, 15) is 48.7 Å². The van der Waals surface area contributed by atoms with E-state index < -0.39 is 55.2 Å². The first-order valence-corrected chi connectivity index (χ1v) is 13.6. The van der Waals surface area contributed by atoms with Crippen LogP contribution in [-0.2, 0) is 19.0 Å². The summed E-state index contributed by atoms with van der Waals surface area (Å²) in [4.78, 5) is 11.7. The number of hydrogen-bond donors (Lipinski definition) is 1.